The zero-order valence-corrected chi connectivity index (χ0v) is 9.16. The van der Waals surface area contributed by atoms with Gasteiger partial charge < -0.3 is 5.73 Å². The normalized spacial score (nSPS) is 15.5. The minimum Gasteiger partial charge on any atom is -0.319 e. The second kappa shape index (κ2) is 4.36. The topological polar surface area (TPSA) is 26.0 Å². The fourth-order valence-electron chi connectivity index (χ4n) is 0.539. The van der Waals surface area contributed by atoms with Crippen molar-refractivity contribution in [1.29, 1.82) is 0 Å². The van der Waals surface area contributed by atoms with Gasteiger partial charge in [0.05, 0.1) is 5.37 Å². The smallest absolute Gasteiger partial charge is 0.0530 e. The number of rotatable bonds is 3. The summed E-state index contributed by atoms with van der Waals surface area (Å²) in [4.78, 5) is 0. The van der Waals surface area contributed by atoms with E-state index >= 15 is 0 Å². The van der Waals surface area contributed by atoms with Crippen molar-refractivity contribution in [3.8, 4) is 0 Å². The highest BCUT2D eigenvalue weighted by atomic mass is 32.2. The van der Waals surface area contributed by atoms with Crippen LogP contribution < -0.4 is 5.73 Å². The van der Waals surface area contributed by atoms with Crippen LogP contribution in [0.3, 0.4) is 0 Å². The SMILES string of the molecule is CC(C)C(N)SCC(C)(C)C. The van der Waals surface area contributed by atoms with Crippen molar-refractivity contribution in [2.24, 2.45) is 17.1 Å². The molecule has 0 saturated carbocycles. The van der Waals surface area contributed by atoms with Crippen LogP contribution in [0.2, 0.25) is 0 Å². The molecule has 0 aromatic rings. The first-order valence-electron chi connectivity index (χ1n) is 4.20. The van der Waals surface area contributed by atoms with Gasteiger partial charge in [0.1, 0.15) is 0 Å². The first kappa shape index (κ1) is 11.3. The van der Waals surface area contributed by atoms with E-state index in [0.717, 1.165) is 5.75 Å². The molecule has 0 aromatic heterocycles. The molecule has 0 heterocycles. The van der Waals surface area contributed by atoms with Crippen molar-refractivity contribution in [3.63, 3.8) is 0 Å². The quantitative estimate of drug-likeness (QED) is 0.667. The summed E-state index contributed by atoms with van der Waals surface area (Å²) in [6.07, 6.45) is 0. The number of nitrogens with two attached hydrogens (primary N) is 1. The lowest BCUT2D eigenvalue weighted by atomic mass is 10.0. The molecular weight excluding hydrogens is 154 g/mol. The second-order valence-electron chi connectivity index (χ2n) is 4.58. The van der Waals surface area contributed by atoms with Crippen LogP contribution in [0.5, 0.6) is 0 Å². The molecule has 1 unspecified atom stereocenters. The zero-order valence-electron chi connectivity index (χ0n) is 8.35. The molecule has 0 rings (SSSR count). The van der Waals surface area contributed by atoms with Gasteiger partial charge in [-0.25, -0.2) is 0 Å². The zero-order chi connectivity index (χ0) is 9.07. The highest BCUT2D eigenvalue weighted by Gasteiger charge is 2.14. The lowest BCUT2D eigenvalue weighted by Crippen LogP contribution is -2.25. The summed E-state index contributed by atoms with van der Waals surface area (Å²) in [6, 6.07) is 0. The monoisotopic (exact) mass is 175 g/mol. The Morgan fingerprint density at radius 1 is 1.27 bits per heavy atom. The molecule has 0 spiro atoms. The molecule has 68 valence electrons. The van der Waals surface area contributed by atoms with Gasteiger partial charge in [-0.15, -0.1) is 11.8 Å². The Bertz CT molecular complexity index is 105. The predicted octanol–water partition coefficient (Wildman–Crippen LogP) is 2.71. The Balaban J connectivity index is 3.54. The maximum atomic E-state index is 5.89. The third kappa shape index (κ3) is 6.70. The van der Waals surface area contributed by atoms with Crippen molar-refractivity contribution in [3.05, 3.63) is 0 Å². The van der Waals surface area contributed by atoms with Crippen LogP contribution >= 0.6 is 11.8 Å². The summed E-state index contributed by atoms with van der Waals surface area (Å²) in [5.41, 5.74) is 6.29. The first-order valence-corrected chi connectivity index (χ1v) is 5.25. The molecule has 1 nitrogen and oxygen atoms in total. The average Bonchev–Trinajstić information content (AvgIpc) is 1.80. The molecule has 0 aliphatic heterocycles. The van der Waals surface area contributed by atoms with E-state index in [1.54, 1.807) is 0 Å². The van der Waals surface area contributed by atoms with Gasteiger partial charge in [-0.1, -0.05) is 34.6 Å². The van der Waals surface area contributed by atoms with Gasteiger partial charge >= 0.3 is 0 Å². The highest BCUT2D eigenvalue weighted by Crippen LogP contribution is 2.24. The maximum Gasteiger partial charge on any atom is 0.0530 e. The van der Waals surface area contributed by atoms with Crippen LogP contribution in [0.25, 0.3) is 0 Å². The van der Waals surface area contributed by atoms with Crippen LogP contribution in [-0.2, 0) is 0 Å². The van der Waals surface area contributed by atoms with E-state index in [0.29, 0.717) is 16.7 Å². The molecule has 0 amide bonds. The molecule has 11 heavy (non-hydrogen) atoms. The van der Waals surface area contributed by atoms with Crippen LogP contribution in [0.4, 0.5) is 0 Å². The molecule has 2 N–H and O–H groups in total. The van der Waals surface area contributed by atoms with Gasteiger partial charge in [0, 0.05) is 0 Å². The average molecular weight is 175 g/mol. The Morgan fingerprint density at radius 3 is 2.00 bits per heavy atom. The molecule has 1 atom stereocenters. The molecule has 0 aliphatic rings. The van der Waals surface area contributed by atoms with E-state index in [-0.39, 0.29) is 0 Å². The lowest BCUT2D eigenvalue weighted by molar-refractivity contribution is 0.478. The molecule has 2 heteroatoms. The predicted molar refractivity (Wildman–Crippen MR) is 54.7 cm³/mol. The summed E-state index contributed by atoms with van der Waals surface area (Å²) >= 11 is 1.87. The van der Waals surface area contributed by atoms with Crippen LogP contribution in [0.1, 0.15) is 34.6 Å². The summed E-state index contributed by atoms with van der Waals surface area (Å²) in [6.45, 7) is 11.1. The minimum absolute atomic E-state index is 0.300. The molecule has 0 fully saturated rings. The third-order valence-corrected chi connectivity index (χ3v) is 3.33. The van der Waals surface area contributed by atoms with E-state index in [4.69, 9.17) is 5.73 Å². The molecule has 0 saturated heterocycles. The maximum absolute atomic E-state index is 5.89. The Hall–Kier alpha value is 0.310. The van der Waals surface area contributed by atoms with Crippen molar-refractivity contribution in [2.75, 3.05) is 5.75 Å². The molecular formula is C9H21NS. The number of hydrogen-bond donors (Lipinski definition) is 1. The van der Waals surface area contributed by atoms with Crippen LogP contribution in [0, 0.1) is 11.3 Å². The van der Waals surface area contributed by atoms with Gasteiger partial charge in [0.15, 0.2) is 0 Å². The molecule has 0 aromatic carbocycles. The molecule has 0 aliphatic carbocycles. The van der Waals surface area contributed by atoms with E-state index in [1.165, 1.54) is 0 Å². The fourth-order valence-corrected chi connectivity index (χ4v) is 1.62. The van der Waals surface area contributed by atoms with Gasteiger partial charge in [0.25, 0.3) is 0 Å². The second-order valence-corrected chi connectivity index (χ2v) is 5.75. The van der Waals surface area contributed by atoms with Crippen LogP contribution in [0.15, 0.2) is 0 Å². The van der Waals surface area contributed by atoms with E-state index in [2.05, 4.69) is 34.6 Å². The number of thioether (sulfide) groups is 1. The van der Waals surface area contributed by atoms with E-state index < -0.39 is 0 Å². The standard InChI is InChI=1S/C9H21NS/c1-7(2)8(10)11-6-9(3,4)5/h7-8H,6,10H2,1-5H3. The minimum atomic E-state index is 0.300. The lowest BCUT2D eigenvalue weighted by Gasteiger charge is -2.22. The van der Waals surface area contributed by atoms with Crippen molar-refractivity contribution in [1.82, 2.24) is 0 Å². The van der Waals surface area contributed by atoms with Gasteiger partial charge in [0.2, 0.25) is 0 Å². The first-order chi connectivity index (χ1) is 4.83. The highest BCUT2D eigenvalue weighted by molar-refractivity contribution is 7.99. The summed E-state index contributed by atoms with van der Waals surface area (Å²) < 4.78 is 0. The van der Waals surface area contributed by atoms with Gasteiger partial charge in [-0.2, -0.15) is 0 Å². The summed E-state index contributed by atoms with van der Waals surface area (Å²) in [5, 5.41) is 0.300. The third-order valence-electron chi connectivity index (χ3n) is 1.37. The van der Waals surface area contributed by atoms with Crippen molar-refractivity contribution in [2.45, 2.75) is 40.0 Å². The molecule has 0 bridgehead atoms. The van der Waals surface area contributed by atoms with E-state index in [1.807, 2.05) is 11.8 Å². The van der Waals surface area contributed by atoms with Crippen molar-refractivity contribution < 1.29 is 0 Å². The van der Waals surface area contributed by atoms with E-state index in [9.17, 15) is 0 Å². The van der Waals surface area contributed by atoms with Crippen LogP contribution in [-0.4, -0.2) is 11.1 Å². The van der Waals surface area contributed by atoms with Gasteiger partial charge in [-0.3, -0.25) is 0 Å². The van der Waals surface area contributed by atoms with Crippen molar-refractivity contribution >= 4 is 11.8 Å². The summed E-state index contributed by atoms with van der Waals surface area (Å²) in [7, 11) is 0. The van der Waals surface area contributed by atoms with Gasteiger partial charge in [-0.05, 0) is 17.1 Å². The molecule has 0 radical (unpaired) electrons. The largest absolute Gasteiger partial charge is 0.319 e. The summed E-state index contributed by atoms with van der Waals surface area (Å²) in [5.74, 6) is 1.73. The number of hydrogen-bond acceptors (Lipinski definition) is 2. The fraction of sp³-hybridized carbons (Fsp3) is 1.00. The Labute approximate surface area is 75.1 Å². The Kier molecular flexibility index (Phi) is 4.49. The Morgan fingerprint density at radius 2 is 1.73 bits per heavy atom.